The second-order valence-electron chi connectivity index (χ2n) is 5.58. The zero-order valence-corrected chi connectivity index (χ0v) is 15.1. The summed E-state index contributed by atoms with van der Waals surface area (Å²) in [5.41, 5.74) is 4.06. The third-order valence-corrected chi connectivity index (χ3v) is 3.93. The number of nitrogens with zero attached hydrogens (tertiary/aromatic N) is 1. The van der Waals surface area contributed by atoms with Gasteiger partial charge in [0.25, 0.3) is 0 Å². The second-order valence-corrected chi connectivity index (χ2v) is 6.02. The third kappa shape index (κ3) is 6.86. The van der Waals surface area contributed by atoms with E-state index in [-0.39, 0.29) is 12.1 Å². The molecule has 0 aliphatic rings. The molecule has 1 aromatic heterocycles. The van der Waals surface area contributed by atoms with Crippen LogP contribution in [0.25, 0.3) is 11.1 Å². The molecule has 0 saturated carbocycles. The lowest BCUT2D eigenvalue weighted by atomic mass is 10.0. The quantitative estimate of drug-likeness (QED) is 0.712. The Morgan fingerprint density at radius 2 is 1.74 bits per heavy atom. The summed E-state index contributed by atoms with van der Waals surface area (Å²) in [6.45, 7) is 0. The Morgan fingerprint density at radius 3 is 2.37 bits per heavy atom. The molecule has 1 amide bonds. The largest absolute Gasteiger partial charge is 0.373 e. The summed E-state index contributed by atoms with van der Waals surface area (Å²) >= 11 is 5.91. The summed E-state index contributed by atoms with van der Waals surface area (Å²) < 4.78 is 0. The van der Waals surface area contributed by atoms with Crippen LogP contribution in [0.1, 0.15) is 12.0 Å². The number of carbonyl (C=O) groups excluding carboxylic acids is 3. The molecule has 27 heavy (non-hydrogen) atoms. The van der Waals surface area contributed by atoms with Gasteiger partial charge in [0, 0.05) is 29.5 Å². The van der Waals surface area contributed by atoms with Crippen molar-refractivity contribution in [2.24, 2.45) is 0 Å². The molecule has 5 nitrogen and oxygen atoms in total. The summed E-state index contributed by atoms with van der Waals surface area (Å²) in [7, 11) is 0. The number of pyridine rings is 1. The predicted octanol–water partition coefficient (Wildman–Crippen LogP) is 4.39. The average molecular weight is 381 g/mol. The Morgan fingerprint density at radius 1 is 1.00 bits per heavy atom. The van der Waals surface area contributed by atoms with E-state index in [1.165, 1.54) is 0 Å². The van der Waals surface area contributed by atoms with Gasteiger partial charge in [0.2, 0.25) is 5.91 Å². The van der Waals surface area contributed by atoms with E-state index in [0.29, 0.717) is 17.9 Å². The number of hydrogen-bond acceptors (Lipinski definition) is 4. The molecular formula is C21H17ClN2O3. The molecule has 1 N–H and O–H groups in total. The van der Waals surface area contributed by atoms with Crippen LogP contribution in [0.15, 0.2) is 73.1 Å². The molecule has 0 aliphatic heterocycles. The monoisotopic (exact) mass is 380 g/mol. The van der Waals surface area contributed by atoms with Crippen molar-refractivity contribution in [2.75, 3.05) is 5.32 Å². The van der Waals surface area contributed by atoms with Crippen molar-refractivity contribution in [2.45, 2.75) is 12.8 Å². The molecule has 136 valence electrons. The predicted molar refractivity (Wildman–Crippen MR) is 103 cm³/mol. The molecule has 0 aliphatic carbocycles. The van der Waals surface area contributed by atoms with E-state index in [2.05, 4.69) is 34.6 Å². The number of halogens is 1. The molecule has 0 saturated heterocycles. The third-order valence-electron chi connectivity index (χ3n) is 3.70. The number of aromatic nitrogens is 1. The number of hydrogen-bond donors (Lipinski definition) is 1. The topological polar surface area (TPSA) is 76.1 Å². The lowest BCUT2D eigenvalue weighted by molar-refractivity contribution is -0.191. The molecule has 6 heteroatoms. The molecule has 0 radical (unpaired) electrons. The molecule has 0 fully saturated rings. The van der Waals surface area contributed by atoms with E-state index in [1.54, 1.807) is 18.3 Å². The van der Waals surface area contributed by atoms with E-state index in [9.17, 15) is 4.79 Å². The Labute approximate surface area is 162 Å². The summed E-state index contributed by atoms with van der Waals surface area (Å²) in [5.74, 6) is -0.0198. The molecule has 0 unspecified atom stereocenters. The summed E-state index contributed by atoms with van der Waals surface area (Å²) in [4.78, 5) is 32.4. The lowest BCUT2D eigenvalue weighted by Gasteiger charge is -2.06. The van der Waals surface area contributed by atoms with Crippen molar-refractivity contribution in [3.8, 4) is 11.1 Å². The fraction of sp³-hybridized carbons (Fsp3) is 0.0952. The van der Waals surface area contributed by atoms with Gasteiger partial charge in [0.1, 0.15) is 0 Å². The van der Waals surface area contributed by atoms with Gasteiger partial charge >= 0.3 is 6.15 Å². The molecule has 3 aromatic rings. The zero-order chi connectivity index (χ0) is 19.5. The first-order valence-corrected chi connectivity index (χ1v) is 8.54. The minimum absolute atomic E-state index is 0.0198. The maximum Gasteiger partial charge on any atom is 0.373 e. The first-order chi connectivity index (χ1) is 13.1. The van der Waals surface area contributed by atoms with E-state index >= 15 is 0 Å². The Balaban J connectivity index is 0.000000817. The number of aryl methyl sites for hydroxylation is 1. The molecule has 0 atom stereocenters. The molecule has 0 bridgehead atoms. The number of nitrogens with one attached hydrogen (secondary N) is 1. The van der Waals surface area contributed by atoms with Crippen LogP contribution in [-0.4, -0.2) is 17.0 Å². The van der Waals surface area contributed by atoms with E-state index in [4.69, 9.17) is 21.2 Å². The highest BCUT2D eigenvalue weighted by Crippen LogP contribution is 2.19. The number of amides is 1. The van der Waals surface area contributed by atoms with Gasteiger partial charge in [-0.05, 0) is 47.4 Å². The minimum Gasteiger partial charge on any atom is -0.326 e. The van der Waals surface area contributed by atoms with Crippen LogP contribution >= 0.6 is 11.6 Å². The van der Waals surface area contributed by atoms with E-state index in [1.807, 2.05) is 30.5 Å². The van der Waals surface area contributed by atoms with Crippen LogP contribution in [-0.2, 0) is 20.8 Å². The minimum atomic E-state index is -0.0198. The van der Waals surface area contributed by atoms with E-state index in [0.717, 1.165) is 22.4 Å². The van der Waals surface area contributed by atoms with Gasteiger partial charge in [-0.15, -0.1) is 0 Å². The Bertz CT molecular complexity index is 906. The molecule has 1 heterocycles. The van der Waals surface area contributed by atoms with Gasteiger partial charge in [-0.25, -0.2) is 0 Å². The molecular weight excluding hydrogens is 364 g/mol. The van der Waals surface area contributed by atoms with Gasteiger partial charge in [-0.3, -0.25) is 9.78 Å². The Kier molecular flexibility index (Phi) is 7.92. The standard InChI is InChI=1S/C20H17ClN2O.CO2/c21-18-4-1-5-19(13-18)23-20(24)11-8-15-6-9-16(10-7-15)17-3-2-12-22-14-17;2-1-3/h1-7,9-10,12-14H,8,11H2,(H,23,24);. The average Bonchev–Trinajstić information content (AvgIpc) is 2.68. The van der Waals surface area contributed by atoms with Crippen molar-refractivity contribution >= 4 is 29.3 Å². The molecule has 0 spiro atoms. The Hall–Kier alpha value is -3.27. The van der Waals surface area contributed by atoms with Gasteiger partial charge < -0.3 is 5.32 Å². The van der Waals surface area contributed by atoms with Crippen LogP contribution in [0.2, 0.25) is 5.02 Å². The SMILES string of the molecule is O=C(CCc1ccc(-c2cccnc2)cc1)Nc1cccc(Cl)c1.O=C=O. The number of anilines is 1. The molecule has 3 rings (SSSR count). The summed E-state index contributed by atoms with van der Waals surface area (Å²) in [5, 5.41) is 3.47. The summed E-state index contributed by atoms with van der Waals surface area (Å²) in [6.07, 6.45) is 4.97. The van der Waals surface area contributed by atoms with Gasteiger partial charge in [-0.1, -0.05) is 48.0 Å². The highest BCUT2D eigenvalue weighted by Gasteiger charge is 2.04. The van der Waals surface area contributed by atoms with Crippen molar-refractivity contribution in [1.82, 2.24) is 4.98 Å². The van der Waals surface area contributed by atoms with Crippen molar-refractivity contribution in [3.05, 3.63) is 83.6 Å². The van der Waals surface area contributed by atoms with Crippen LogP contribution in [0.5, 0.6) is 0 Å². The van der Waals surface area contributed by atoms with E-state index < -0.39 is 0 Å². The van der Waals surface area contributed by atoms with Crippen LogP contribution in [0.4, 0.5) is 5.69 Å². The maximum absolute atomic E-state index is 12.0. The fourth-order valence-corrected chi connectivity index (χ4v) is 2.64. The van der Waals surface area contributed by atoms with Crippen LogP contribution in [0, 0.1) is 0 Å². The van der Waals surface area contributed by atoms with Gasteiger partial charge in [0.15, 0.2) is 0 Å². The fourth-order valence-electron chi connectivity index (χ4n) is 2.44. The summed E-state index contributed by atoms with van der Waals surface area (Å²) in [6, 6.07) is 19.3. The maximum atomic E-state index is 12.0. The normalized spacial score (nSPS) is 9.52. The van der Waals surface area contributed by atoms with Gasteiger partial charge in [-0.2, -0.15) is 9.59 Å². The smallest absolute Gasteiger partial charge is 0.326 e. The number of carbonyl (C=O) groups is 1. The highest BCUT2D eigenvalue weighted by atomic mass is 35.5. The first-order valence-electron chi connectivity index (χ1n) is 8.16. The van der Waals surface area contributed by atoms with Crippen molar-refractivity contribution in [3.63, 3.8) is 0 Å². The van der Waals surface area contributed by atoms with Crippen LogP contribution in [0.3, 0.4) is 0 Å². The highest BCUT2D eigenvalue weighted by molar-refractivity contribution is 6.30. The second kappa shape index (κ2) is 10.7. The van der Waals surface area contributed by atoms with Crippen molar-refractivity contribution < 1.29 is 14.4 Å². The first kappa shape index (κ1) is 20.0. The molecule has 2 aromatic carbocycles. The number of rotatable bonds is 5. The van der Waals surface area contributed by atoms with Crippen LogP contribution < -0.4 is 5.32 Å². The van der Waals surface area contributed by atoms with Gasteiger partial charge in [0.05, 0.1) is 0 Å². The van der Waals surface area contributed by atoms with Crippen molar-refractivity contribution in [1.29, 1.82) is 0 Å². The number of benzene rings is 2. The lowest BCUT2D eigenvalue weighted by Crippen LogP contribution is -2.12. The zero-order valence-electron chi connectivity index (χ0n) is 14.4.